The van der Waals surface area contributed by atoms with Crippen molar-refractivity contribution in [1.82, 2.24) is 4.90 Å². The Balaban J connectivity index is 2.09. The van der Waals surface area contributed by atoms with E-state index in [9.17, 15) is 13.6 Å². The van der Waals surface area contributed by atoms with Gasteiger partial charge in [-0.3, -0.25) is 9.69 Å². The fourth-order valence-electron chi connectivity index (χ4n) is 3.17. The third-order valence-corrected chi connectivity index (χ3v) is 4.55. The number of guanidine groups is 1. The van der Waals surface area contributed by atoms with Crippen LogP contribution in [-0.4, -0.2) is 37.0 Å². The highest BCUT2D eigenvalue weighted by atomic mass is 19.3. The third-order valence-electron chi connectivity index (χ3n) is 4.55. The van der Waals surface area contributed by atoms with Crippen LogP contribution < -0.4 is 10.5 Å². The molecule has 1 aliphatic rings. The fraction of sp³-hybridized carbons (Fsp3) is 0.300. The number of rotatable bonds is 7. The lowest BCUT2D eigenvalue weighted by Gasteiger charge is -2.26. The van der Waals surface area contributed by atoms with Crippen LogP contribution in [0.3, 0.4) is 0 Å². The van der Waals surface area contributed by atoms with Crippen LogP contribution in [0.5, 0.6) is 5.75 Å². The molecule has 0 radical (unpaired) electrons. The minimum absolute atomic E-state index is 0.00486. The van der Waals surface area contributed by atoms with Crippen molar-refractivity contribution in [2.75, 3.05) is 13.7 Å². The molecule has 0 fully saturated rings. The van der Waals surface area contributed by atoms with Gasteiger partial charge in [0.2, 0.25) is 0 Å². The Morgan fingerprint density at radius 2 is 1.89 bits per heavy atom. The van der Waals surface area contributed by atoms with Crippen molar-refractivity contribution in [1.29, 1.82) is 0 Å². The second-order valence-corrected chi connectivity index (χ2v) is 6.28. The highest BCUT2D eigenvalue weighted by Gasteiger charge is 2.49. The molecular formula is C20H21F2N3O3. The van der Waals surface area contributed by atoms with E-state index in [0.29, 0.717) is 24.3 Å². The van der Waals surface area contributed by atoms with E-state index in [1.54, 1.807) is 25.2 Å². The van der Waals surface area contributed by atoms with Crippen LogP contribution in [0.2, 0.25) is 0 Å². The van der Waals surface area contributed by atoms with Crippen molar-refractivity contribution in [3.05, 3.63) is 65.2 Å². The predicted molar refractivity (Wildman–Crippen MR) is 100 cm³/mol. The number of hydrogen-bond donors (Lipinski definition) is 1. The topological polar surface area (TPSA) is 77.2 Å². The lowest BCUT2D eigenvalue weighted by molar-refractivity contribution is -0.129. The zero-order valence-electron chi connectivity index (χ0n) is 15.6. The summed E-state index contributed by atoms with van der Waals surface area (Å²) in [5.41, 5.74) is 6.54. The minimum atomic E-state index is -2.93. The molecule has 8 heteroatoms. The molecule has 0 aromatic heterocycles. The first kappa shape index (κ1) is 19.8. The molecule has 0 spiro atoms. The summed E-state index contributed by atoms with van der Waals surface area (Å²) in [5.74, 6) is -0.260. The number of aliphatic imine (C=N–C) groups is 1. The smallest absolute Gasteiger partial charge is 0.387 e. The number of halogens is 2. The van der Waals surface area contributed by atoms with Crippen LogP contribution in [0.15, 0.2) is 53.5 Å². The number of benzene rings is 2. The van der Waals surface area contributed by atoms with Crippen molar-refractivity contribution < 1.29 is 23.0 Å². The van der Waals surface area contributed by atoms with Gasteiger partial charge in [-0.25, -0.2) is 4.99 Å². The van der Waals surface area contributed by atoms with Gasteiger partial charge in [-0.2, -0.15) is 8.78 Å². The molecule has 28 heavy (non-hydrogen) atoms. The van der Waals surface area contributed by atoms with Crippen molar-refractivity contribution in [3.63, 3.8) is 0 Å². The standard InChI is InChI=1S/C20H21F2N3O3/c1-3-27-12-13-5-4-6-15(11-13)20(17(26)25(2)19(23)24-20)14-7-9-16(10-8-14)28-18(21)22/h4-11,18H,3,12H2,1-2H3,(H2,23,24). The first-order valence-corrected chi connectivity index (χ1v) is 8.74. The average Bonchev–Trinajstić information content (AvgIpc) is 2.92. The van der Waals surface area contributed by atoms with E-state index >= 15 is 0 Å². The number of nitrogens with zero attached hydrogens (tertiary/aromatic N) is 2. The molecule has 0 saturated carbocycles. The molecule has 0 saturated heterocycles. The molecule has 1 atom stereocenters. The first-order valence-electron chi connectivity index (χ1n) is 8.74. The van der Waals surface area contributed by atoms with Gasteiger partial charge in [0.25, 0.3) is 5.91 Å². The van der Waals surface area contributed by atoms with E-state index in [-0.39, 0.29) is 17.6 Å². The van der Waals surface area contributed by atoms with Crippen molar-refractivity contribution in [2.45, 2.75) is 25.7 Å². The predicted octanol–water partition coefficient (Wildman–Crippen LogP) is 2.85. The lowest BCUT2D eigenvalue weighted by atomic mass is 9.82. The van der Waals surface area contributed by atoms with Crippen molar-refractivity contribution >= 4 is 11.9 Å². The van der Waals surface area contributed by atoms with Gasteiger partial charge in [0.1, 0.15) is 5.75 Å². The quantitative estimate of drug-likeness (QED) is 0.790. The van der Waals surface area contributed by atoms with Crippen LogP contribution >= 0.6 is 0 Å². The number of nitrogens with two attached hydrogens (primary N) is 1. The van der Waals surface area contributed by atoms with Gasteiger partial charge >= 0.3 is 6.61 Å². The van der Waals surface area contributed by atoms with E-state index in [1.807, 2.05) is 25.1 Å². The summed E-state index contributed by atoms with van der Waals surface area (Å²) in [5, 5.41) is 0. The molecule has 0 aliphatic carbocycles. The average molecular weight is 389 g/mol. The fourth-order valence-corrected chi connectivity index (χ4v) is 3.17. The Bertz CT molecular complexity index is 887. The number of hydrogen-bond acceptors (Lipinski definition) is 5. The molecule has 148 valence electrons. The number of alkyl halides is 2. The Hall–Kier alpha value is -3.00. The number of amides is 1. The van der Waals surface area contributed by atoms with E-state index in [0.717, 1.165) is 5.56 Å². The molecule has 3 rings (SSSR count). The maximum atomic E-state index is 13.2. The van der Waals surface area contributed by atoms with E-state index in [1.165, 1.54) is 17.0 Å². The molecule has 2 N–H and O–H groups in total. The maximum absolute atomic E-state index is 13.2. The summed E-state index contributed by atoms with van der Waals surface area (Å²) in [4.78, 5) is 18.9. The van der Waals surface area contributed by atoms with Gasteiger partial charge in [0.15, 0.2) is 11.5 Å². The molecular weight excluding hydrogens is 368 g/mol. The van der Waals surface area contributed by atoms with E-state index in [4.69, 9.17) is 10.5 Å². The second-order valence-electron chi connectivity index (χ2n) is 6.28. The van der Waals surface area contributed by atoms with Crippen molar-refractivity contribution in [3.8, 4) is 5.75 Å². The van der Waals surface area contributed by atoms with Gasteiger partial charge in [-0.1, -0.05) is 36.4 Å². The number of carbonyl (C=O) groups is 1. The third kappa shape index (κ3) is 3.55. The van der Waals surface area contributed by atoms with Crippen LogP contribution in [0.1, 0.15) is 23.6 Å². The van der Waals surface area contributed by atoms with Crippen LogP contribution in [0, 0.1) is 0 Å². The molecule has 1 heterocycles. The van der Waals surface area contributed by atoms with E-state index < -0.39 is 12.2 Å². The molecule has 0 bridgehead atoms. The SMILES string of the molecule is CCOCc1cccc(C2(c3ccc(OC(F)F)cc3)N=C(N)N(C)C2=O)c1. The van der Waals surface area contributed by atoms with Gasteiger partial charge < -0.3 is 15.2 Å². The maximum Gasteiger partial charge on any atom is 0.387 e. The molecule has 2 aromatic rings. The summed E-state index contributed by atoms with van der Waals surface area (Å²) in [6.45, 7) is -0.0733. The Morgan fingerprint density at radius 1 is 1.18 bits per heavy atom. The second kappa shape index (κ2) is 7.93. The molecule has 1 unspecified atom stereocenters. The van der Waals surface area contributed by atoms with Crippen LogP contribution in [0.25, 0.3) is 0 Å². The van der Waals surface area contributed by atoms with Crippen molar-refractivity contribution in [2.24, 2.45) is 10.7 Å². The van der Waals surface area contributed by atoms with Gasteiger partial charge in [-0.15, -0.1) is 0 Å². The van der Waals surface area contributed by atoms with Gasteiger partial charge in [-0.05, 0) is 35.7 Å². The summed E-state index contributed by atoms with van der Waals surface area (Å²) in [6.07, 6.45) is 0. The zero-order chi connectivity index (χ0) is 20.3. The molecule has 1 amide bonds. The molecule has 2 aromatic carbocycles. The number of carbonyl (C=O) groups excluding carboxylic acids is 1. The largest absolute Gasteiger partial charge is 0.435 e. The normalized spacial score (nSPS) is 19.2. The van der Waals surface area contributed by atoms with E-state index in [2.05, 4.69) is 9.73 Å². The zero-order valence-corrected chi connectivity index (χ0v) is 15.6. The summed E-state index contributed by atoms with van der Waals surface area (Å²) in [7, 11) is 1.54. The number of likely N-dealkylation sites (N-methyl/N-ethyl adjacent to an activating group) is 1. The first-order chi connectivity index (χ1) is 13.4. The molecule has 6 nitrogen and oxygen atoms in total. The Kier molecular flexibility index (Phi) is 5.60. The monoisotopic (exact) mass is 389 g/mol. The summed E-state index contributed by atoms with van der Waals surface area (Å²) < 4.78 is 34.7. The number of ether oxygens (including phenoxy) is 2. The highest BCUT2D eigenvalue weighted by Crippen LogP contribution is 2.40. The summed E-state index contributed by atoms with van der Waals surface area (Å²) in [6, 6.07) is 13.2. The van der Waals surface area contributed by atoms with Gasteiger partial charge in [0, 0.05) is 13.7 Å². The summed E-state index contributed by atoms with van der Waals surface area (Å²) >= 11 is 0. The molecule has 1 aliphatic heterocycles. The van der Waals surface area contributed by atoms with Gasteiger partial charge in [0.05, 0.1) is 6.61 Å². The lowest BCUT2D eigenvalue weighted by Crippen LogP contribution is -2.41. The Labute approximate surface area is 161 Å². The van der Waals surface area contributed by atoms with Crippen LogP contribution in [0.4, 0.5) is 8.78 Å². The van der Waals surface area contributed by atoms with Crippen LogP contribution in [-0.2, 0) is 21.7 Å². The highest BCUT2D eigenvalue weighted by molar-refractivity contribution is 6.08. The minimum Gasteiger partial charge on any atom is -0.435 e. The Morgan fingerprint density at radius 3 is 2.46 bits per heavy atom.